The van der Waals surface area contributed by atoms with Crippen molar-refractivity contribution in [2.24, 2.45) is 0 Å². The Balaban J connectivity index is 2.23. The minimum Gasteiger partial charge on any atom is -0.390 e. The van der Waals surface area contributed by atoms with Crippen molar-refractivity contribution in [2.45, 2.75) is 62.9 Å². The van der Waals surface area contributed by atoms with Gasteiger partial charge in [-0.2, -0.15) is 0 Å². The van der Waals surface area contributed by atoms with Crippen LogP contribution in [0.3, 0.4) is 0 Å². The topological polar surface area (TPSA) is 20.2 Å². The first kappa shape index (κ1) is 12.0. The Morgan fingerprint density at radius 3 is 2.50 bits per heavy atom. The van der Waals surface area contributed by atoms with Gasteiger partial charge in [0.15, 0.2) is 0 Å². The third-order valence-corrected chi connectivity index (χ3v) is 6.19. The van der Waals surface area contributed by atoms with Crippen molar-refractivity contribution in [1.29, 1.82) is 0 Å². The molecule has 0 saturated heterocycles. The van der Waals surface area contributed by atoms with Crippen molar-refractivity contribution in [3.05, 3.63) is 12.7 Å². The Kier molecular flexibility index (Phi) is 3.59. The van der Waals surface area contributed by atoms with Crippen LogP contribution in [0.15, 0.2) is 12.7 Å². The Hall–Kier alpha value is -0.0831. The molecule has 1 N–H and O–H groups in total. The lowest BCUT2D eigenvalue weighted by Crippen LogP contribution is -2.26. The van der Waals surface area contributed by atoms with Crippen molar-refractivity contribution < 1.29 is 5.11 Å². The Labute approximate surface area is 89.2 Å². The van der Waals surface area contributed by atoms with Crippen molar-refractivity contribution in [2.75, 3.05) is 0 Å². The summed E-state index contributed by atoms with van der Waals surface area (Å²) >= 11 is 0. The molecule has 0 unspecified atom stereocenters. The molecule has 2 atom stereocenters. The lowest BCUT2D eigenvalue weighted by Gasteiger charge is -2.19. The van der Waals surface area contributed by atoms with Crippen LogP contribution in [0.2, 0.25) is 25.2 Å². The highest BCUT2D eigenvalue weighted by atomic mass is 28.3. The van der Waals surface area contributed by atoms with Crippen LogP contribution < -0.4 is 0 Å². The van der Waals surface area contributed by atoms with Crippen molar-refractivity contribution in [1.82, 2.24) is 0 Å². The van der Waals surface area contributed by atoms with Gasteiger partial charge in [-0.15, -0.1) is 6.58 Å². The molecule has 1 rings (SSSR count). The molecule has 1 nitrogen and oxygen atoms in total. The summed E-state index contributed by atoms with van der Waals surface area (Å²) in [6.07, 6.45) is 7.47. The largest absolute Gasteiger partial charge is 0.390 e. The predicted octanol–water partition coefficient (Wildman–Crippen LogP) is 3.58. The molecule has 0 bridgehead atoms. The molecule has 0 amide bonds. The first-order valence-electron chi connectivity index (χ1n) is 5.73. The third-order valence-electron chi connectivity index (χ3n) is 3.36. The fraction of sp³-hybridized carbons (Fsp3) is 0.833. The van der Waals surface area contributed by atoms with E-state index < -0.39 is 8.07 Å². The molecule has 0 spiro atoms. The monoisotopic (exact) mass is 212 g/mol. The van der Waals surface area contributed by atoms with Crippen molar-refractivity contribution >= 4 is 8.07 Å². The van der Waals surface area contributed by atoms with E-state index >= 15 is 0 Å². The molecule has 0 aromatic carbocycles. The van der Waals surface area contributed by atoms with E-state index in [1.807, 2.05) is 6.08 Å². The van der Waals surface area contributed by atoms with Crippen LogP contribution >= 0.6 is 0 Å². The summed E-state index contributed by atoms with van der Waals surface area (Å²) in [5.41, 5.74) is 0.379. The van der Waals surface area contributed by atoms with Gasteiger partial charge in [0.25, 0.3) is 0 Å². The molecule has 82 valence electrons. The van der Waals surface area contributed by atoms with Crippen LogP contribution in [0.1, 0.15) is 32.1 Å². The molecule has 1 saturated carbocycles. The summed E-state index contributed by atoms with van der Waals surface area (Å²) in [5.74, 6) is 0. The molecule has 1 aliphatic rings. The molecule has 2 heteroatoms. The molecule has 1 aliphatic carbocycles. The highest BCUT2D eigenvalue weighted by Gasteiger charge is 2.57. The van der Waals surface area contributed by atoms with Crippen LogP contribution in [0, 0.1) is 0 Å². The van der Waals surface area contributed by atoms with E-state index in [0.717, 1.165) is 25.7 Å². The van der Waals surface area contributed by atoms with Crippen LogP contribution in [0.25, 0.3) is 0 Å². The van der Waals surface area contributed by atoms with E-state index in [9.17, 15) is 5.11 Å². The number of allylic oxidation sites excluding steroid dienone is 1. The number of rotatable bonds is 6. The molecule has 14 heavy (non-hydrogen) atoms. The molecule has 0 heterocycles. The highest BCUT2D eigenvalue weighted by Crippen LogP contribution is 2.57. The zero-order valence-corrected chi connectivity index (χ0v) is 10.8. The lowest BCUT2D eigenvalue weighted by atomic mass is 10.1. The molecule has 0 radical (unpaired) electrons. The highest BCUT2D eigenvalue weighted by molar-refractivity contribution is 6.78. The van der Waals surface area contributed by atoms with E-state index in [1.54, 1.807) is 0 Å². The summed E-state index contributed by atoms with van der Waals surface area (Å²) in [6.45, 7) is 10.8. The van der Waals surface area contributed by atoms with E-state index in [-0.39, 0.29) is 5.60 Å². The molecular formula is C12H24OSi. The summed E-state index contributed by atoms with van der Waals surface area (Å²) in [7, 11) is -1.10. The van der Waals surface area contributed by atoms with Gasteiger partial charge >= 0.3 is 0 Å². The number of hydrogen-bond donors (Lipinski definition) is 1. The Morgan fingerprint density at radius 2 is 2.07 bits per heavy atom. The maximum atomic E-state index is 10.2. The molecular weight excluding hydrogens is 188 g/mol. The Morgan fingerprint density at radius 1 is 1.43 bits per heavy atom. The number of unbranched alkanes of at least 4 members (excludes halogenated alkanes) is 2. The lowest BCUT2D eigenvalue weighted by molar-refractivity contribution is 0.136. The van der Waals surface area contributed by atoms with Gasteiger partial charge in [-0.05, 0) is 31.2 Å². The van der Waals surface area contributed by atoms with Gasteiger partial charge < -0.3 is 5.11 Å². The number of hydrogen-bond acceptors (Lipinski definition) is 1. The van der Waals surface area contributed by atoms with Crippen molar-refractivity contribution in [3.8, 4) is 0 Å². The molecule has 0 aliphatic heterocycles. The van der Waals surface area contributed by atoms with E-state index in [4.69, 9.17) is 0 Å². The molecule has 1 fully saturated rings. The summed E-state index contributed by atoms with van der Waals surface area (Å²) < 4.78 is 0. The predicted molar refractivity (Wildman–Crippen MR) is 65.3 cm³/mol. The standard InChI is InChI=1S/C12H24OSi/c1-5-6-7-8-9-12(13)10-11(12)14(2,3)4/h5,11,13H,1,6-10H2,2-4H3/t11-,12-/m1/s1. The third kappa shape index (κ3) is 2.96. The van der Waals surface area contributed by atoms with Crippen LogP contribution in [-0.4, -0.2) is 18.8 Å². The van der Waals surface area contributed by atoms with Gasteiger partial charge in [-0.3, -0.25) is 0 Å². The fourth-order valence-electron chi connectivity index (χ4n) is 2.40. The van der Waals surface area contributed by atoms with Crippen molar-refractivity contribution in [3.63, 3.8) is 0 Å². The van der Waals surface area contributed by atoms with E-state index in [1.165, 1.54) is 6.42 Å². The minimum atomic E-state index is -1.10. The van der Waals surface area contributed by atoms with E-state index in [0.29, 0.717) is 5.54 Å². The van der Waals surface area contributed by atoms with Gasteiger partial charge in [-0.1, -0.05) is 32.1 Å². The summed E-state index contributed by atoms with van der Waals surface area (Å²) in [6, 6.07) is 0. The zero-order valence-electron chi connectivity index (χ0n) is 9.84. The Bertz CT molecular complexity index is 207. The fourth-order valence-corrected chi connectivity index (χ4v) is 5.13. The maximum Gasteiger partial charge on any atom is 0.0654 e. The average Bonchev–Trinajstić information content (AvgIpc) is 2.72. The van der Waals surface area contributed by atoms with Crippen LogP contribution in [0.5, 0.6) is 0 Å². The normalized spacial score (nSPS) is 31.6. The van der Waals surface area contributed by atoms with Gasteiger partial charge in [0.2, 0.25) is 0 Å². The van der Waals surface area contributed by atoms with Gasteiger partial charge in [0, 0.05) is 0 Å². The first-order valence-corrected chi connectivity index (χ1v) is 9.31. The maximum absolute atomic E-state index is 10.2. The number of aliphatic hydroxyl groups is 1. The summed E-state index contributed by atoms with van der Waals surface area (Å²) in [4.78, 5) is 0. The van der Waals surface area contributed by atoms with Crippen LogP contribution in [-0.2, 0) is 0 Å². The van der Waals surface area contributed by atoms with Gasteiger partial charge in [-0.25, -0.2) is 0 Å². The second kappa shape index (κ2) is 4.19. The van der Waals surface area contributed by atoms with Gasteiger partial charge in [0.1, 0.15) is 0 Å². The first-order chi connectivity index (χ1) is 6.40. The van der Waals surface area contributed by atoms with E-state index in [2.05, 4.69) is 26.2 Å². The minimum absolute atomic E-state index is 0.272. The average molecular weight is 212 g/mol. The quantitative estimate of drug-likeness (QED) is 0.405. The smallest absolute Gasteiger partial charge is 0.0654 e. The van der Waals surface area contributed by atoms with Gasteiger partial charge in [0.05, 0.1) is 13.7 Å². The summed E-state index contributed by atoms with van der Waals surface area (Å²) in [5, 5.41) is 10.2. The second-order valence-corrected chi connectivity index (χ2v) is 11.2. The van der Waals surface area contributed by atoms with Crippen LogP contribution in [0.4, 0.5) is 0 Å². The molecule has 0 aromatic heterocycles. The second-order valence-electron chi connectivity index (χ2n) is 5.76. The molecule has 0 aromatic rings. The zero-order chi connectivity index (χ0) is 10.8. The SMILES string of the molecule is C=CCCCC[C@@]1(O)C[C@H]1[Si](C)(C)C.